The van der Waals surface area contributed by atoms with Crippen molar-refractivity contribution in [2.75, 3.05) is 11.1 Å². The lowest BCUT2D eigenvalue weighted by molar-refractivity contribution is -0.113. The molecule has 5 rings (SSSR count). The van der Waals surface area contributed by atoms with E-state index in [2.05, 4.69) is 32.4 Å². The zero-order chi connectivity index (χ0) is 20.3. The second-order valence-corrected chi connectivity index (χ2v) is 8.36. The highest BCUT2D eigenvalue weighted by molar-refractivity contribution is 7.99. The maximum atomic E-state index is 12.0. The molecule has 3 aromatic carbocycles. The van der Waals surface area contributed by atoms with E-state index >= 15 is 0 Å². The molecule has 0 aliphatic rings. The molecule has 0 saturated heterocycles. The van der Waals surface area contributed by atoms with E-state index in [1.807, 2.05) is 53.9 Å². The summed E-state index contributed by atoms with van der Waals surface area (Å²) < 4.78 is 6.04. The van der Waals surface area contributed by atoms with Crippen molar-refractivity contribution in [3.63, 3.8) is 0 Å². The maximum absolute atomic E-state index is 12.0. The fourth-order valence-electron chi connectivity index (χ4n) is 3.04. The number of fused-ring (bicyclic) bond motifs is 2. The van der Waals surface area contributed by atoms with E-state index in [-0.39, 0.29) is 11.7 Å². The van der Waals surface area contributed by atoms with Gasteiger partial charge in [0.2, 0.25) is 5.91 Å². The van der Waals surface area contributed by atoms with Gasteiger partial charge in [-0.2, -0.15) is 0 Å². The molecule has 148 valence electrons. The van der Waals surface area contributed by atoms with E-state index < -0.39 is 0 Å². The Morgan fingerprint density at radius 1 is 1.07 bits per heavy atom. The van der Waals surface area contributed by atoms with Gasteiger partial charge in [0.1, 0.15) is 11.5 Å². The van der Waals surface area contributed by atoms with Crippen LogP contribution in [0.2, 0.25) is 0 Å². The largest absolute Gasteiger partial charge is 0.457 e. The van der Waals surface area contributed by atoms with Gasteiger partial charge in [-0.25, -0.2) is 9.97 Å². The third kappa shape index (κ3) is 4.14. The predicted octanol–water partition coefficient (Wildman–Crippen LogP) is 5.70. The minimum absolute atomic E-state index is 0.115. The molecule has 0 spiro atoms. The molecule has 0 unspecified atom stereocenters. The van der Waals surface area contributed by atoms with Crippen molar-refractivity contribution in [3.05, 3.63) is 72.2 Å². The van der Waals surface area contributed by atoms with Gasteiger partial charge in [0.15, 0.2) is 10.3 Å². The Labute approximate surface area is 180 Å². The number of carbonyl (C=O) groups excluding carboxylic acids is 1. The number of rotatable bonds is 6. The van der Waals surface area contributed by atoms with Gasteiger partial charge in [0, 0.05) is 17.6 Å². The number of aromatic amines is 1. The van der Waals surface area contributed by atoms with E-state index in [4.69, 9.17) is 4.74 Å². The van der Waals surface area contributed by atoms with E-state index in [0.717, 1.165) is 27.9 Å². The van der Waals surface area contributed by atoms with Gasteiger partial charge in [-0.3, -0.25) is 4.79 Å². The topological polar surface area (TPSA) is 79.9 Å². The monoisotopic (exact) mass is 432 g/mol. The van der Waals surface area contributed by atoms with Crippen LogP contribution in [-0.2, 0) is 4.79 Å². The van der Waals surface area contributed by atoms with Crippen LogP contribution < -0.4 is 10.1 Å². The Bertz CT molecular complexity index is 1330. The maximum Gasteiger partial charge on any atom is 0.236 e. The fraction of sp³-hybridized carbons (Fsp3) is 0.0455. The molecule has 0 atom stereocenters. The minimum atomic E-state index is -0.115. The summed E-state index contributed by atoms with van der Waals surface area (Å²) in [4.78, 5) is 23.8. The highest BCUT2D eigenvalue weighted by Crippen LogP contribution is 2.28. The molecular formula is C22H16N4O2S2. The highest BCUT2D eigenvalue weighted by Gasteiger charge is 2.09. The van der Waals surface area contributed by atoms with Crippen LogP contribution in [0.1, 0.15) is 0 Å². The summed E-state index contributed by atoms with van der Waals surface area (Å²) in [6.45, 7) is 0. The number of aromatic nitrogens is 3. The normalized spacial score (nSPS) is 11.1. The van der Waals surface area contributed by atoms with E-state index in [1.165, 1.54) is 28.5 Å². The van der Waals surface area contributed by atoms with Crippen molar-refractivity contribution < 1.29 is 9.53 Å². The smallest absolute Gasteiger partial charge is 0.236 e. The summed E-state index contributed by atoms with van der Waals surface area (Å²) in [7, 11) is 0. The third-order valence-corrected chi connectivity index (χ3v) is 5.97. The molecule has 8 heteroatoms. The highest BCUT2D eigenvalue weighted by atomic mass is 32.2. The molecule has 0 fully saturated rings. The van der Waals surface area contributed by atoms with Crippen LogP contribution in [0.3, 0.4) is 0 Å². The summed E-state index contributed by atoms with van der Waals surface area (Å²) in [5.74, 6) is 1.64. The Hall–Kier alpha value is -3.36. The van der Waals surface area contributed by atoms with Gasteiger partial charge in [-0.05, 0) is 35.0 Å². The summed E-state index contributed by atoms with van der Waals surface area (Å²) in [6, 6.07) is 19.9. The van der Waals surface area contributed by atoms with Crippen molar-refractivity contribution in [3.8, 4) is 11.5 Å². The van der Waals surface area contributed by atoms with Crippen molar-refractivity contribution in [2.45, 2.75) is 5.16 Å². The van der Waals surface area contributed by atoms with E-state index in [0.29, 0.717) is 10.3 Å². The number of carbonyl (C=O) groups is 1. The average Bonchev–Trinajstić information content (AvgIpc) is 3.41. The molecule has 0 radical (unpaired) electrons. The van der Waals surface area contributed by atoms with Crippen molar-refractivity contribution >= 4 is 55.9 Å². The number of thiazole rings is 1. The summed E-state index contributed by atoms with van der Waals surface area (Å²) in [6.07, 6.45) is 1.66. The van der Waals surface area contributed by atoms with Gasteiger partial charge in [0.05, 0.1) is 16.8 Å². The van der Waals surface area contributed by atoms with Crippen LogP contribution >= 0.6 is 23.1 Å². The van der Waals surface area contributed by atoms with E-state index in [9.17, 15) is 4.79 Å². The summed E-state index contributed by atoms with van der Waals surface area (Å²) in [5.41, 5.74) is 1.68. The molecule has 2 heterocycles. The number of nitrogens with zero attached hydrogens (tertiary/aromatic N) is 2. The van der Waals surface area contributed by atoms with Crippen molar-refractivity contribution in [2.24, 2.45) is 0 Å². The van der Waals surface area contributed by atoms with Gasteiger partial charge < -0.3 is 15.0 Å². The standard InChI is InChI=1S/C22H16N4O2S2/c27-20(26-21-23-9-10-29-21)13-30-22-24-18-8-7-17(12-19(18)25-22)28-16-6-5-14-3-1-2-4-15(14)11-16/h1-12H,13H2,(H,24,25)(H,23,26,27). The van der Waals surface area contributed by atoms with Crippen LogP contribution in [0.5, 0.6) is 11.5 Å². The molecule has 1 amide bonds. The molecule has 30 heavy (non-hydrogen) atoms. The Morgan fingerprint density at radius 3 is 2.77 bits per heavy atom. The lowest BCUT2D eigenvalue weighted by Gasteiger charge is -2.07. The second-order valence-electron chi connectivity index (χ2n) is 6.51. The second kappa shape index (κ2) is 8.17. The first-order chi connectivity index (χ1) is 14.7. The fourth-order valence-corrected chi connectivity index (χ4v) is 4.27. The Balaban J connectivity index is 1.28. The molecule has 6 nitrogen and oxygen atoms in total. The molecule has 2 aromatic heterocycles. The summed E-state index contributed by atoms with van der Waals surface area (Å²) in [5, 5.41) is 8.17. The van der Waals surface area contributed by atoms with Crippen molar-refractivity contribution in [1.29, 1.82) is 0 Å². The van der Waals surface area contributed by atoms with E-state index in [1.54, 1.807) is 6.20 Å². The number of thioether (sulfide) groups is 1. The molecule has 0 aliphatic carbocycles. The van der Waals surface area contributed by atoms with Gasteiger partial charge in [-0.1, -0.05) is 42.1 Å². The predicted molar refractivity (Wildman–Crippen MR) is 122 cm³/mol. The first-order valence-electron chi connectivity index (χ1n) is 9.21. The number of ether oxygens (including phenoxy) is 1. The SMILES string of the molecule is O=C(CSc1nc2ccc(Oc3ccc4ccccc4c3)cc2[nH]1)Nc1nccs1. The van der Waals surface area contributed by atoms with Gasteiger partial charge >= 0.3 is 0 Å². The first kappa shape index (κ1) is 18.7. The lowest BCUT2D eigenvalue weighted by atomic mass is 10.1. The number of anilines is 1. The van der Waals surface area contributed by atoms with Gasteiger partial charge in [-0.15, -0.1) is 11.3 Å². The molecule has 2 N–H and O–H groups in total. The van der Waals surface area contributed by atoms with Crippen LogP contribution in [0, 0.1) is 0 Å². The number of H-pyrrole nitrogens is 1. The molecule has 5 aromatic rings. The first-order valence-corrected chi connectivity index (χ1v) is 11.1. The number of hydrogen-bond acceptors (Lipinski definition) is 6. The zero-order valence-corrected chi connectivity index (χ0v) is 17.3. The third-order valence-electron chi connectivity index (χ3n) is 4.41. The number of nitrogens with one attached hydrogen (secondary N) is 2. The zero-order valence-electron chi connectivity index (χ0n) is 15.7. The number of hydrogen-bond donors (Lipinski definition) is 2. The number of imidazole rings is 1. The Kier molecular flexibility index (Phi) is 5.08. The van der Waals surface area contributed by atoms with Crippen LogP contribution in [0.15, 0.2) is 77.4 Å². The Morgan fingerprint density at radius 2 is 1.90 bits per heavy atom. The minimum Gasteiger partial charge on any atom is -0.457 e. The molecule has 0 saturated carbocycles. The van der Waals surface area contributed by atoms with Crippen LogP contribution in [0.25, 0.3) is 21.8 Å². The molecule has 0 aliphatic heterocycles. The van der Waals surface area contributed by atoms with Crippen LogP contribution in [0.4, 0.5) is 5.13 Å². The lowest BCUT2D eigenvalue weighted by Crippen LogP contribution is -2.13. The quantitative estimate of drug-likeness (QED) is 0.337. The van der Waals surface area contributed by atoms with Crippen LogP contribution in [-0.4, -0.2) is 26.6 Å². The summed E-state index contributed by atoms with van der Waals surface area (Å²) >= 11 is 2.73. The molecule has 0 bridgehead atoms. The van der Waals surface area contributed by atoms with Crippen molar-refractivity contribution in [1.82, 2.24) is 15.0 Å². The number of amides is 1. The number of benzene rings is 3. The average molecular weight is 433 g/mol. The van der Waals surface area contributed by atoms with Gasteiger partial charge in [0.25, 0.3) is 0 Å². The molecular weight excluding hydrogens is 416 g/mol.